The van der Waals surface area contributed by atoms with Crippen molar-refractivity contribution < 1.29 is 72.8 Å². The molecule has 1 saturated carbocycles. The normalized spacial score (nSPS) is 29.9. The second-order valence-electron chi connectivity index (χ2n) is 21.3. The number of carbonyl (C=O) groups is 4. The van der Waals surface area contributed by atoms with Gasteiger partial charge in [-0.1, -0.05) is 65.3 Å². The fraction of sp³-hybridized carbons (Fsp3) is 0.448. The van der Waals surface area contributed by atoms with E-state index in [1.165, 1.54) is 24.3 Å². The third kappa shape index (κ3) is 9.13. The third-order valence-electron chi connectivity index (χ3n) is 15.2. The van der Waals surface area contributed by atoms with Gasteiger partial charge < -0.3 is 53.6 Å². The summed E-state index contributed by atoms with van der Waals surface area (Å²) in [7, 11) is 0. The lowest BCUT2D eigenvalue weighted by atomic mass is 9.51. The number of ketones is 2. The van der Waals surface area contributed by atoms with E-state index in [1.807, 2.05) is 66.7 Å². The SMILES string of the molecule is CC(C)=CCCC1(C)C=Cc2c(c(CC=C(C)C)c3c(c2OC(=O)c2ccc(O[C@@H]4O[C@H](CO)[C@@H](O)[C@H](O)[C@H]4O)cc2)C(=O)C2=CC4CC5C(C)(C)OC(CC=C(C)C(=O)OCc6ccccc6Cl)(C4=O)C25O3)O1. The molecular formula is C58H63ClO15. The lowest BCUT2D eigenvalue weighted by molar-refractivity contribution is -0.277. The summed E-state index contributed by atoms with van der Waals surface area (Å²) in [6.07, 6.45) is 5.21. The Hall–Kier alpha value is -5.91. The summed E-state index contributed by atoms with van der Waals surface area (Å²) in [6.45, 7) is 14.5. The van der Waals surface area contributed by atoms with Gasteiger partial charge in [0, 0.05) is 45.6 Å². The van der Waals surface area contributed by atoms with Crippen LogP contribution in [0.25, 0.3) is 6.08 Å². The van der Waals surface area contributed by atoms with Gasteiger partial charge in [-0.05, 0) is 124 Å². The maximum absolute atomic E-state index is 15.9. The number of halogens is 1. The monoisotopic (exact) mass is 1030 g/mol. The van der Waals surface area contributed by atoms with Crippen LogP contribution in [0.5, 0.6) is 23.0 Å². The molecule has 3 aromatic rings. The number of carbonyl (C=O) groups excluding carboxylic acids is 4. The Balaban J connectivity index is 1.14. The molecule has 4 heterocycles. The highest BCUT2D eigenvalue weighted by Crippen LogP contribution is 2.69. The van der Waals surface area contributed by atoms with Crippen molar-refractivity contribution in [1.82, 2.24) is 0 Å². The summed E-state index contributed by atoms with van der Waals surface area (Å²) in [5, 5.41) is 41.2. The van der Waals surface area contributed by atoms with Gasteiger partial charge in [0.15, 0.2) is 28.5 Å². The van der Waals surface area contributed by atoms with Crippen LogP contribution in [-0.2, 0) is 36.8 Å². The highest BCUT2D eigenvalue weighted by molar-refractivity contribution is 6.31. The van der Waals surface area contributed by atoms with E-state index in [2.05, 4.69) is 6.08 Å². The molecule has 16 heteroatoms. The van der Waals surface area contributed by atoms with Crippen LogP contribution in [-0.4, -0.2) is 104 Å². The third-order valence-corrected chi connectivity index (χ3v) is 15.5. The van der Waals surface area contributed by atoms with Crippen LogP contribution in [0.2, 0.25) is 5.02 Å². The number of rotatable bonds is 15. The van der Waals surface area contributed by atoms with Crippen molar-refractivity contribution >= 4 is 41.2 Å². The van der Waals surface area contributed by atoms with Crippen molar-refractivity contribution in [1.29, 1.82) is 0 Å². The van der Waals surface area contributed by atoms with Crippen molar-refractivity contribution in [2.75, 3.05) is 6.61 Å². The predicted octanol–water partition coefficient (Wildman–Crippen LogP) is 8.24. The first-order valence-corrected chi connectivity index (χ1v) is 25.4. The van der Waals surface area contributed by atoms with E-state index < -0.39 is 89.3 Å². The number of Topliss-reactive ketones (excluding diaryl/α,β-unsaturated/α-hetero) is 2. The smallest absolute Gasteiger partial charge is 0.343 e. The molecule has 3 aromatic carbocycles. The van der Waals surface area contributed by atoms with E-state index in [1.54, 1.807) is 43.3 Å². The molecular weight excluding hydrogens is 972 g/mol. The Morgan fingerprint density at radius 3 is 2.28 bits per heavy atom. The van der Waals surface area contributed by atoms with Gasteiger partial charge in [-0.3, -0.25) is 9.59 Å². The number of aliphatic hydroxyl groups excluding tert-OH is 4. The van der Waals surface area contributed by atoms with Crippen LogP contribution in [0.4, 0.5) is 0 Å². The van der Waals surface area contributed by atoms with E-state index >= 15 is 9.59 Å². The molecule has 4 bridgehead atoms. The first-order chi connectivity index (χ1) is 35.0. The highest BCUT2D eigenvalue weighted by atomic mass is 35.5. The van der Waals surface area contributed by atoms with Crippen molar-refractivity contribution in [3.05, 3.63) is 134 Å². The second-order valence-corrected chi connectivity index (χ2v) is 21.7. The van der Waals surface area contributed by atoms with Gasteiger partial charge in [-0.15, -0.1) is 0 Å². The van der Waals surface area contributed by atoms with Gasteiger partial charge in [-0.2, -0.15) is 0 Å². The molecule has 15 nitrogen and oxygen atoms in total. The van der Waals surface area contributed by atoms with Gasteiger partial charge >= 0.3 is 11.9 Å². The van der Waals surface area contributed by atoms with E-state index in [9.17, 15) is 30.0 Å². The van der Waals surface area contributed by atoms with Crippen LogP contribution < -0.4 is 18.9 Å². The van der Waals surface area contributed by atoms with Crippen LogP contribution >= 0.6 is 11.6 Å². The number of hydrogen-bond acceptors (Lipinski definition) is 15. The van der Waals surface area contributed by atoms with Crippen LogP contribution in [0.1, 0.15) is 118 Å². The molecule has 7 aliphatic rings. The summed E-state index contributed by atoms with van der Waals surface area (Å²) < 4.78 is 44.9. The molecule has 0 amide bonds. The van der Waals surface area contributed by atoms with Crippen molar-refractivity contribution in [3.8, 4) is 23.0 Å². The number of fused-ring (bicyclic) bond motifs is 2. The molecule has 10 rings (SSSR count). The van der Waals surface area contributed by atoms with Crippen molar-refractivity contribution in [2.24, 2.45) is 11.8 Å². The number of esters is 2. The average molecular weight is 1040 g/mol. The number of hydrogen-bond donors (Lipinski definition) is 4. The molecule has 4 N–H and O–H groups in total. The summed E-state index contributed by atoms with van der Waals surface area (Å²) in [5.74, 6) is -3.14. The first-order valence-electron chi connectivity index (χ1n) is 25.0. The van der Waals surface area contributed by atoms with Crippen LogP contribution in [0, 0.1) is 11.8 Å². The summed E-state index contributed by atoms with van der Waals surface area (Å²) >= 11 is 6.35. The van der Waals surface area contributed by atoms with E-state index in [-0.39, 0.29) is 64.8 Å². The maximum atomic E-state index is 15.9. The van der Waals surface area contributed by atoms with Gasteiger partial charge in [0.25, 0.3) is 0 Å². The number of aliphatic hydroxyl groups is 4. The Morgan fingerprint density at radius 2 is 1.59 bits per heavy atom. The minimum absolute atomic E-state index is 0.0303. The topological polar surface area (TPSA) is 214 Å². The minimum atomic E-state index is -1.79. The fourth-order valence-electron chi connectivity index (χ4n) is 11.3. The van der Waals surface area contributed by atoms with E-state index in [0.29, 0.717) is 46.7 Å². The molecule has 0 radical (unpaired) electrons. The fourth-order valence-corrected chi connectivity index (χ4v) is 11.4. The lowest BCUT2D eigenvalue weighted by Gasteiger charge is -2.56. The van der Waals surface area contributed by atoms with Crippen molar-refractivity contribution in [2.45, 2.75) is 147 Å². The molecule has 3 fully saturated rings. The average Bonchev–Trinajstić information content (AvgIpc) is 3.51. The zero-order valence-electron chi connectivity index (χ0n) is 42.7. The van der Waals surface area contributed by atoms with Gasteiger partial charge in [0.2, 0.25) is 6.29 Å². The van der Waals surface area contributed by atoms with Crippen LogP contribution in [0.3, 0.4) is 0 Å². The zero-order valence-corrected chi connectivity index (χ0v) is 43.5. The molecule has 4 aliphatic heterocycles. The first kappa shape index (κ1) is 52.9. The van der Waals surface area contributed by atoms with Gasteiger partial charge in [0.05, 0.1) is 23.3 Å². The second kappa shape index (κ2) is 20.0. The largest absolute Gasteiger partial charge is 0.482 e. The minimum Gasteiger partial charge on any atom is -0.482 e. The maximum Gasteiger partial charge on any atom is 0.343 e. The van der Waals surface area contributed by atoms with Crippen LogP contribution in [0.15, 0.2) is 101 Å². The standard InChI is InChI=1S/C58H63ClO15/c1-30(2)12-11-23-56(8)24-22-38-48(72-56)37(20-15-31(3)4)50-43(49(38)71-53(67)33-16-18-36(19-17-33)69-54-47(64)46(63)45(62)41(28-60)70-54)44(61)39-26-35-27-42-55(6,7)74-57(51(35)65,58(39,42)73-50)25-21-32(5)52(66)68-29-34-13-9-10-14-40(34)59/h9-10,12-19,21-22,24,26,35,41-42,45-47,54,60,62-64H,11,20,23,25,27-29H2,1-8H3/t35?,41-,42?,45-,46+,47-,54-,56?,57?,58?/m1/s1. The Morgan fingerprint density at radius 1 is 0.878 bits per heavy atom. The van der Waals surface area contributed by atoms with Crippen molar-refractivity contribution in [3.63, 3.8) is 0 Å². The summed E-state index contributed by atoms with van der Waals surface area (Å²) in [5.41, 5.74) is -1.36. The number of ether oxygens (including phenoxy) is 7. The predicted molar refractivity (Wildman–Crippen MR) is 272 cm³/mol. The van der Waals surface area contributed by atoms with E-state index in [4.69, 9.17) is 44.8 Å². The highest BCUT2D eigenvalue weighted by Gasteiger charge is 2.81. The Kier molecular flexibility index (Phi) is 14.3. The van der Waals surface area contributed by atoms with Gasteiger partial charge in [0.1, 0.15) is 59.4 Å². The number of benzene rings is 3. The summed E-state index contributed by atoms with van der Waals surface area (Å²) in [6, 6.07) is 12.7. The molecule has 392 valence electrons. The molecule has 3 aliphatic carbocycles. The zero-order chi connectivity index (χ0) is 53.2. The molecule has 1 spiro atoms. The Labute approximate surface area is 435 Å². The molecule has 74 heavy (non-hydrogen) atoms. The molecule has 10 atom stereocenters. The summed E-state index contributed by atoms with van der Waals surface area (Å²) in [4.78, 5) is 59.1. The molecule has 2 saturated heterocycles. The quantitative estimate of drug-likeness (QED) is 0.0488. The Bertz CT molecular complexity index is 2940. The molecule has 5 unspecified atom stereocenters. The number of allylic oxidation sites excluding steroid dienone is 5. The lowest BCUT2D eigenvalue weighted by Crippen LogP contribution is -2.72. The van der Waals surface area contributed by atoms with E-state index in [0.717, 1.165) is 11.1 Å². The van der Waals surface area contributed by atoms with Gasteiger partial charge in [-0.25, -0.2) is 9.59 Å². The molecule has 0 aromatic heterocycles.